The second-order valence-electron chi connectivity index (χ2n) is 2.89. The highest BCUT2D eigenvalue weighted by atomic mass is 14.7. The normalized spacial score (nSPS) is 12.3. The standard InChI is InChI=1S/C8H16N2/c1-6(2)8(4)10-5-7(3)9/h6,9H,5H2,1-4H3. The highest BCUT2D eigenvalue weighted by Gasteiger charge is 1.95. The first-order valence-electron chi connectivity index (χ1n) is 3.59. The first-order chi connectivity index (χ1) is 4.54. The second-order valence-corrected chi connectivity index (χ2v) is 2.89. The van der Waals surface area contributed by atoms with Crippen LogP contribution in [0.15, 0.2) is 4.99 Å². The Bertz CT molecular complexity index is 145. The van der Waals surface area contributed by atoms with Crippen LogP contribution in [-0.4, -0.2) is 18.0 Å². The monoisotopic (exact) mass is 140 g/mol. The van der Waals surface area contributed by atoms with Gasteiger partial charge in [0.25, 0.3) is 0 Å². The van der Waals surface area contributed by atoms with Crippen LogP contribution in [0, 0.1) is 11.3 Å². The maximum Gasteiger partial charge on any atom is 0.0761 e. The molecule has 0 saturated heterocycles. The Labute approximate surface area is 62.9 Å². The van der Waals surface area contributed by atoms with Crippen LogP contribution in [-0.2, 0) is 0 Å². The first-order valence-corrected chi connectivity index (χ1v) is 3.59. The van der Waals surface area contributed by atoms with Crippen LogP contribution in [0.3, 0.4) is 0 Å². The van der Waals surface area contributed by atoms with Gasteiger partial charge in [0.1, 0.15) is 0 Å². The summed E-state index contributed by atoms with van der Waals surface area (Å²) in [6, 6.07) is 0. The lowest BCUT2D eigenvalue weighted by Crippen LogP contribution is -2.05. The molecule has 0 atom stereocenters. The van der Waals surface area contributed by atoms with E-state index in [1.54, 1.807) is 6.92 Å². The Kier molecular flexibility index (Phi) is 3.93. The fraction of sp³-hybridized carbons (Fsp3) is 0.750. The minimum atomic E-state index is 0.513. The molecule has 0 aliphatic heterocycles. The Morgan fingerprint density at radius 1 is 1.40 bits per heavy atom. The molecule has 0 unspecified atom stereocenters. The number of hydrogen-bond donors (Lipinski definition) is 1. The lowest BCUT2D eigenvalue weighted by Gasteiger charge is -2.02. The molecule has 0 aromatic rings. The van der Waals surface area contributed by atoms with Gasteiger partial charge in [-0.25, -0.2) is 0 Å². The number of aliphatic imine (C=N–C) groups is 1. The van der Waals surface area contributed by atoms with Crippen molar-refractivity contribution in [3.8, 4) is 0 Å². The number of nitrogens with zero attached hydrogens (tertiary/aromatic N) is 1. The SMILES string of the molecule is CC(=N)CN=C(C)C(C)C. The van der Waals surface area contributed by atoms with E-state index in [0.29, 0.717) is 18.2 Å². The summed E-state index contributed by atoms with van der Waals surface area (Å²) in [4.78, 5) is 4.22. The molecular formula is C8H16N2. The van der Waals surface area contributed by atoms with Crippen LogP contribution in [0.5, 0.6) is 0 Å². The molecule has 0 aromatic heterocycles. The highest BCUT2D eigenvalue weighted by molar-refractivity contribution is 5.88. The van der Waals surface area contributed by atoms with Crippen molar-refractivity contribution in [2.75, 3.05) is 6.54 Å². The number of rotatable bonds is 3. The quantitative estimate of drug-likeness (QED) is 0.583. The molecule has 0 fully saturated rings. The highest BCUT2D eigenvalue weighted by Crippen LogP contribution is 1.95. The average Bonchev–Trinajstić information content (AvgIpc) is 1.82. The summed E-state index contributed by atoms with van der Waals surface area (Å²) < 4.78 is 0. The van der Waals surface area contributed by atoms with Gasteiger partial charge in [-0.2, -0.15) is 0 Å². The smallest absolute Gasteiger partial charge is 0.0761 e. The molecule has 1 N–H and O–H groups in total. The molecular weight excluding hydrogens is 124 g/mol. The van der Waals surface area contributed by atoms with Gasteiger partial charge in [-0.1, -0.05) is 13.8 Å². The van der Waals surface area contributed by atoms with E-state index in [-0.39, 0.29) is 0 Å². The van der Waals surface area contributed by atoms with Gasteiger partial charge in [-0.3, -0.25) is 4.99 Å². The van der Waals surface area contributed by atoms with Gasteiger partial charge >= 0.3 is 0 Å². The molecule has 0 spiro atoms. The largest absolute Gasteiger partial charge is 0.308 e. The molecule has 10 heavy (non-hydrogen) atoms. The van der Waals surface area contributed by atoms with Crippen molar-refractivity contribution in [2.45, 2.75) is 27.7 Å². The predicted molar refractivity (Wildman–Crippen MR) is 46.2 cm³/mol. The summed E-state index contributed by atoms with van der Waals surface area (Å²) in [5.74, 6) is 0.513. The van der Waals surface area contributed by atoms with E-state index in [1.165, 1.54) is 0 Å². The molecule has 0 aliphatic carbocycles. The Hall–Kier alpha value is -0.660. The zero-order chi connectivity index (χ0) is 8.15. The number of nitrogens with one attached hydrogen (secondary N) is 1. The molecule has 58 valence electrons. The molecule has 2 heteroatoms. The van der Waals surface area contributed by atoms with Crippen molar-refractivity contribution in [1.29, 1.82) is 5.41 Å². The summed E-state index contributed by atoms with van der Waals surface area (Å²) in [7, 11) is 0. The third kappa shape index (κ3) is 4.24. The average molecular weight is 140 g/mol. The first kappa shape index (κ1) is 9.34. The molecule has 0 aromatic carbocycles. The van der Waals surface area contributed by atoms with E-state index in [0.717, 1.165) is 5.71 Å². The fourth-order valence-electron chi connectivity index (χ4n) is 0.426. The molecule has 0 rings (SSSR count). The van der Waals surface area contributed by atoms with Crippen molar-refractivity contribution in [2.24, 2.45) is 10.9 Å². The van der Waals surface area contributed by atoms with Crippen LogP contribution < -0.4 is 0 Å². The summed E-state index contributed by atoms with van der Waals surface area (Å²) in [6.45, 7) is 8.56. The molecule has 0 radical (unpaired) electrons. The minimum Gasteiger partial charge on any atom is -0.308 e. The van der Waals surface area contributed by atoms with Crippen molar-refractivity contribution >= 4 is 11.4 Å². The van der Waals surface area contributed by atoms with Crippen LogP contribution in [0.4, 0.5) is 0 Å². The van der Waals surface area contributed by atoms with Gasteiger partial charge in [0.2, 0.25) is 0 Å². The Balaban J connectivity index is 3.80. The Morgan fingerprint density at radius 3 is 2.20 bits per heavy atom. The van der Waals surface area contributed by atoms with E-state index in [2.05, 4.69) is 18.8 Å². The minimum absolute atomic E-state index is 0.513. The van der Waals surface area contributed by atoms with Crippen LogP contribution in [0.25, 0.3) is 0 Å². The van der Waals surface area contributed by atoms with E-state index in [9.17, 15) is 0 Å². The maximum absolute atomic E-state index is 7.12. The molecule has 0 aliphatic rings. The van der Waals surface area contributed by atoms with Gasteiger partial charge in [-0.05, 0) is 19.8 Å². The van der Waals surface area contributed by atoms with E-state index in [4.69, 9.17) is 5.41 Å². The van der Waals surface area contributed by atoms with Gasteiger partial charge in [0.05, 0.1) is 6.54 Å². The summed E-state index contributed by atoms with van der Waals surface area (Å²) in [6.07, 6.45) is 0. The third-order valence-electron chi connectivity index (χ3n) is 1.40. The molecule has 0 heterocycles. The van der Waals surface area contributed by atoms with Gasteiger partial charge < -0.3 is 5.41 Å². The molecule has 0 amide bonds. The van der Waals surface area contributed by atoms with Crippen LogP contribution in [0.1, 0.15) is 27.7 Å². The molecule has 2 nitrogen and oxygen atoms in total. The third-order valence-corrected chi connectivity index (χ3v) is 1.40. The fourth-order valence-corrected chi connectivity index (χ4v) is 0.426. The van der Waals surface area contributed by atoms with Crippen molar-refractivity contribution in [3.63, 3.8) is 0 Å². The number of hydrogen-bond acceptors (Lipinski definition) is 2. The second kappa shape index (κ2) is 4.20. The van der Waals surface area contributed by atoms with Gasteiger partial charge in [0.15, 0.2) is 0 Å². The molecule has 0 bridgehead atoms. The van der Waals surface area contributed by atoms with Crippen molar-refractivity contribution < 1.29 is 0 Å². The zero-order valence-corrected chi connectivity index (χ0v) is 7.23. The van der Waals surface area contributed by atoms with Crippen LogP contribution >= 0.6 is 0 Å². The predicted octanol–water partition coefficient (Wildman–Crippen LogP) is 2.14. The Morgan fingerprint density at radius 2 is 1.90 bits per heavy atom. The van der Waals surface area contributed by atoms with E-state index >= 15 is 0 Å². The van der Waals surface area contributed by atoms with Crippen molar-refractivity contribution in [1.82, 2.24) is 0 Å². The summed E-state index contributed by atoms with van der Waals surface area (Å²) in [5, 5.41) is 7.12. The summed E-state index contributed by atoms with van der Waals surface area (Å²) in [5.41, 5.74) is 1.76. The van der Waals surface area contributed by atoms with Gasteiger partial charge in [0, 0.05) is 11.4 Å². The zero-order valence-electron chi connectivity index (χ0n) is 7.23. The van der Waals surface area contributed by atoms with E-state index in [1.807, 2.05) is 6.92 Å². The topological polar surface area (TPSA) is 36.2 Å². The molecule has 0 saturated carbocycles. The van der Waals surface area contributed by atoms with Gasteiger partial charge in [-0.15, -0.1) is 0 Å². The maximum atomic E-state index is 7.12. The summed E-state index contributed by atoms with van der Waals surface area (Å²) >= 11 is 0. The lowest BCUT2D eigenvalue weighted by atomic mass is 10.1. The van der Waals surface area contributed by atoms with Crippen molar-refractivity contribution in [3.05, 3.63) is 0 Å². The van der Waals surface area contributed by atoms with E-state index < -0.39 is 0 Å². The van der Waals surface area contributed by atoms with Crippen LogP contribution in [0.2, 0.25) is 0 Å². The lowest BCUT2D eigenvalue weighted by molar-refractivity contribution is 0.872.